The molecule has 142 valence electrons. The molecule has 2 amide bonds. The minimum atomic E-state index is 0.212. The van der Waals surface area contributed by atoms with Crippen molar-refractivity contribution in [1.29, 1.82) is 0 Å². The molecule has 1 aromatic rings. The lowest BCUT2D eigenvalue weighted by Crippen LogP contribution is -2.54. The predicted octanol–water partition coefficient (Wildman–Crippen LogP) is 2.21. The van der Waals surface area contributed by atoms with E-state index in [1.54, 1.807) is 0 Å². The van der Waals surface area contributed by atoms with Crippen LogP contribution in [0.25, 0.3) is 0 Å². The summed E-state index contributed by atoms with van der Waals surface area (Å²) in [7, 11) is 0. The van der Waals surface area contributed by atoms with E-state index in [0.717, 1.165) is 64.3 Å². The molecular formula is C20H30N4O2. The Morgan fingerprint density at radius 2 is 1.81 bits per heavy atom. The SMILES string of the molecule is O=C(N1CCOCC1)N1CCC2(CCCN(Cc3ccccn3)C2)CC1. The zero-order chi connectivity index (χ0) is 17.8. The fourth-order valence-electron chi connectivity index (χ4n) is 4.70. The number of carbonyl (C=O) groups excluding carboxylic acids is 1. The van der Waals surface area contributed by atoms with Gasteiger partial charge in [0.1, 0.15) is 0 Å². The maximum atomic E-state index is 12.7. The lowest BCUT2D eigenvalue weighted by atomic mass is 9.72. The van der Waals surface area contributed by atoms with Crippen molar-refractivity contribution < 1.29 is 9.53 Å². The molecule has 0 aliphatic carbocycles. The summed E-state index contributed by atoms with van der Waals surface area (Å²) in [6.45, 7) is 7.85. The summed E-state index contributed by atoms with van der Waals surface area (Å²) >= 11 is 0. The van der Waals surface area contributed by atoms with Crippen LogP contribution >= 0.6 is 0 Å². The number of pyridine rings is 1. The van der Waals surface area contributed by atoms with Gasteiger partial charge in [-0.3, -0.25) is 9.88 Å². The first-order valence-electron chi connectivity index (χ1n) is 9.98. The molecule has 3 aliphatic heterocycles. The van der Waals surface area contributed by atoms with Crippen molar-refractivity contribution >= 4 is 6.03 Å². The van der Waals surface area contributed by atoms with Gasteiger partial charge in [0.15, 0.2) is 0 Å². The van der Waals surface area contributed by atoms with Crippen LogP contribution in [-0.4, -0.2) is 78.2 Å². The molecule has 0 N–H and O–H groups in total. The summed E-state index contributed by atoms with van der Waals surface area (Å²) in [6, 6.07) is 6.37. The first-order valence-corrected chi connectivity index (χ1v) is 9.98. The Kier molecular flexibility index (Phi) is 5.41. The van der Waals surface area contributed by atoms with Crippen LogP contribution < -0.4 is 0 Å². The second-order valence-electron chi connectivity index (χ2n) is 8.00. The topological polar surface area (TPSA) is 48.9 Å². The Balaban J connectivity index is 1.31. The minimum Gasteiger partial charge on any atom is -0.378 e. The van der Waals surface area contributed by atoms with Crippen molar-refractivity contribution in [2.45, 2.75) is 32.2 Å². The molecular weight excluding hydrogens is 328 g/mol. The van der Waals surface area contributed by atoms with Crippen LogP contribution in [-0.2, 0) is 11.3 Å². The lowest BCUT2D eigenvalue weighted by molar-refractivity contribution is 0.0128. The van der Waals surface area contributed by atoms with Gasteiger partial charge < -0.3 is 14.5 Å². The van der Waals surface area contributed by atoms with E-state index in [2.05, 4.69) is 26.9 Å². The minimum absolute atomic E-state index is 0.212. The quantitative estimate of drug-likeness (QED) is 0.813. The first kappa shape index (κ1) is 17.7. The standard InChI is InChI=1S/C20H30N4O2/c25-19(24-12-14-26-15-13-24)23-10-6-20(7-11-23)5-3-9-22(17-20)16-18-4-1-2-8-21-18/h1-2,4,8H,3,5-7,9-17H2. The Morgan fingerprint density at radius 3 is 2.54 bits per heavy atom. The van der Waals surface area contributed by atoms with Crippen LogP contribution in [0.2, 0.25) is 0 Å². The number of hydrogen-bond acceptors (Lipinski definition) is 4. The molecule has 1 aromatic heterocycles. The molecule has 6 heteroatoms. The van der Waals surface area contributed by atoms with Gasteiger partial charge in [0.25, 0.3) is 0 Å². The molecule has 0 unspecified atom stereocenters. The summed E-state index contributed by atoms with van der Waals surface area (Å²) in [5.74, 6) is 0. The molecule has 1 spiro atoms. The molecule has 0 radical (unpaired) electrons. The first-order chi connectivity index (χ1) is 12.7. The summed E-state index contributed by atoms with van der Waals surface area (Å²) in [6.07, 6.45) is 6.68. The van der Waals surface area contributed by atoms with Crippen molar-refractivity contribution in [1.82, 2.24) is 19.7 Å². The number of piperidine rings is 2. The van der Waals surface area contributed by atoms with Gasteiger partial charge in [-0.1, -0.05) is 6.07 Å². The third-order valence-corrected chi connectivity index (χ3v) is 6.23. The van der Waals surface area contributed by atoms with E-state index in [4.69, 9.17) is 4.74 Å². The smallest absolute Gasteiger partial charge is 0.320 e. The van der Waals surface area contributed by atoms with E-state index in [0.29, 0.717) is 18.6 Å². The molecule has 0 atom stereocenters. The van der Waals surface area contributed by atoms with E-state index < -0.39 is 0 Å². The van der Waals surface area contributed by atoms with E-state index in [1.807, 2.05) is 17.2 Å². The number of aromatic nitrogens is 1. The molecule has 0 saturated carbocycles. The Hall–Kier alpha value is -1.66. The number of likely N-dealkylation sites (tertiary alicyclic amines) is 2. The van der Waals surface area contributed by atoms with E-state index in [-0.39, 0.29) is 6.03 Å². The molecule has 3 saturated heterocycles. The number of carbonyl (C=O) groups is 1. The average Bonchev–Trinajstić information content (AvgIpc) is 2.70. The lowest BCUT2D eigenvalue weighted by Gasteiger charge is -2.48. The maximum Gasteiger partial charge on any atom is 0.320 e. The molecule has 0 bridgehead atoms. The summed E-state index contributed by atoms with van der Waals surface area (Å²) in [4.78, 5) is 23.8. The van der Waals surface area contributed by atoms with Gasteiger partial charge in [0.2, 0.25) is 0 Å². The number of amides is 2. The van der Waals surface area contributed by atoms with Gasteiger partial charge >= 0.3 is 6.03 Å². The highest BCUT2D eigenvalue weighted by molar-refractivity contribution is 5.74. The van der Waals surface area contributed by atoms with Gasteiger partial charge in [-0.2, -0.15) is 0 Å². The van der Waals surface area contributed by atoms with Crippen molar-refractivity contribution in [2.75, 3.05) is 52.5 Å². The van der Waals surface area contributed by atoms with Gasteiger partial charge in [0, 0.05) is 45.5 Å². The largest absolute Gasteiger partial charge is 0.378 e. The molecule has 6 nitrogen and oxygen atoms in total. The van der Waals surface area contributed by atoms with E-state index in [9.17, 15) is 4.79 Å². The van der Waals surface area contributed by atoms with E-state index in [1.165, 1.54) is 12.8 Å². The van der Waals surface area contributed by atoms with Crippen molar-refractivity contribution in [3.8, 4) is 0 Å². The average molecular weight is 358 g/mol. The highest BCUT2D eigenvalue weighted by Gasteiger charge is 2.40. The zero-order valence-corrected chi connectivity index (χ0v) is 15.6. The highest BCUT2D eigenvalue weighted by Crippen LogP contribution is 2.40. The van der Waals surface area contributed by atoms with Gasteiger partial charge in [0.05, 0.1) is 18.9 Å². The van der Waals surface area contributed by atoms with Crippen LogP contribution in [0.1, 0.15) is 31.4 Å². The Labute approximate surface area is 156 Å². The third kappa shape index (κ3) is 4.01. The highest BCUT2D eigenvalue weighted by atomic mass is 16.5. The molecule has 4 heterocycles. The second kappa shape index (κ2) is 7.92. The van der Waals surface area contributed by atoms with Crippen molar-refractivity contribution in [3.63, 3.8) is 0 Å². The number of morpholine rings is 1. The number of rotatable bonds is 2. The number of hydrogen-bond donors (Lipinski definition) is 0. The normalized spacial score (nSPS) is 24.0. The second-order valence-corrected chi connectivity index (χ2v) is 8.00. The van der Waals surface area contributed by atoms with Gasteiger partial charge in [-0.05, 0) is 49.8 Å². The van der Waals surface area contributed by atoms with Crippen LogP contribution in [0.3, 0.4) is 0 Å². The summed E-state index contributed by atoms with van der Waals surface area (Å²) < 4.78 is 5.36. The predicted molar refractivity (Wildman–Crippen MR) is 99.8 cm³/mol. The molecule has 26 heavy (non-hydrogen) atoms. The third-order valence-electron chi connectivity index (χ3n) is 6.23. The van der Waals surface area contributed by atoms with E-state index >= 15 is 0 Å². The molecule has 3 aliphatic rings. The summed E-state index contributed by atoms with van der Waals surface area (Å²) in [5, 5.41) is 0. The van der Waals surface area contributed by atoms with Crippen LogP contribution in [0.4, 0.5) is 4.79 Å². The van der Waals surface area contributed by atoms with Crippen molar-refractivity contribution in [3.05, 3.63) is 30.1 Å². The van der Waals surface area contributed by atoms with Crippen LogP contribution in [0.5, 0.6) is 0 Å². The van der Waals surface area contributed by atoms with Crippen LogP contribution in [0, 0.1) is 5.41 Å². The fraction of sp³-hybridized carbons (Fsp3) is 0.700. The monoisotopic (exact) mass is 358 g/mol. The Bertz CT molecular complexity index is 595. The maximum absolute atomic E-state index is 12.7. The Morgan fingerprint density at radius 1 is 1.04 bits per heavy atom. The summed E-state index contributed by atoms with van der Waals surface area (Å²) in [5.41, 5.74) is 1.54. The fourth-order valence-corrected chi connectivity index (χ4v) is 4.70. The molecule has 0 aromatic carbocycles. The van der Waals surface area contributed by atoms with Crippen molar-refractivity contribution in [2.24, 2.45) is 5.41 Å². The van der Waals surface area contributed by atoms with Crippen LogP contribution in [0.15, 0.2) is 24.4 Å². The number of ether oxygens (including phenoxy) is 1. The number of urea groups is 1. The molecule has 3 fully saturated rings. The molecule has 4 rings (SSSR count). The van der Waals surface area contributed by atoms with Gasteiger partial charge in [-0.15, -0.1) is 0 Å². The zero-order valence-electron chi connectivity index (χ0n) is 15.6. The number of nitrogens with zero attached hydrogens (tertiary/aromatic N) is 4. The van der Waals surface area contributed by atoms with Gasteiger partial charge in [-0.25, -0.2) is 4.79 Å².